The predicted molar refractivity (Wildman–Crippen MR) is 138 cm³/mol. The number of aryl methyl sites for hydroxylation is 1. The topological polar surface area (TPSA) is 66.9 Å². The number of rotatable bonds is 6. The van der Waals surface area contributed by atoms with Gasteiger partial charge in [0, 0.05) is 61.5 Å². The number of anilines is 1. The van der Waals surface area contributed by atoms with Gasteiger partial charge in [0.15, 0.2) is 0 Å². The fourth-order valence-corrected chi connectivity index (χ4v) is 4.54. The van der Waals surface area contributed by atoms with E-state index in [1.807, 2.05) is 44.0 Å². The van der Waals surface area contributed by atoms with Crippen LogP contribution in [0.2, 0.25) is 5.02 Å². The van der Waals surface area contributed by atoms with Gasteiger partial charge in [0.1, 0.15) is 11.5 Å². The summed E-state index contributed by atoms with van der Waals surface area (Å²) in [5.41, 5.74) is 11.1. The number of carbonyl (C=O) groups is 1. The second-order valence-corrected chi connectivity index (χ2v) is 8.62. The molecule has 0 aliphatic carbocycles. The molecule has 1 amide bonds. The summed E-state index contributed by atoms with van der Waals surface area (Å²) in [6.07, 6.45) is 6.65. The minimum Gasteiger partial charge on any atom is -0.353 e. The molecule has 2 N–H and O–H groups in total. The van der Waals surface area contributed by atoms with E-state index in [4.69, 9.17) is 17.3 Å². The summed E-state index contributed by atoms with van der Waals surface area (Å²) < 4.78 is 2.11. The van der Waals surface area contributed by atoms with Gasteiger partial charge in [0.05, 0.1) is 6.20 Å². The molecule has 2 aromatic heterocycles. The Morgan fingerprint density at radius 1 is 1.12 bits per heavy atom. The van der Waals surface area contributed by atoms with E-state index in [1.165, 1.54) is 0 Å². The molecule has 1 fully saturated rings. The highest BCUT2D eigenvalue weighted by atomic mass is 35.5. The van der Waals surface area contributed by atoms with E-state index in [0.717, 1.165) is 77.8 Å². The molecular weight excluding hydrogens is 434 g/mol. The quantitative estimate of drug-likeness (QED) is 0.532. The van der Waals surface area contributed by atoms with E-state index < -0.39 is 0 Å². The van der Waals surface area contributed by atoms with Gasteiger partial charge in [-0.25, -0.2) is 4.98 Å². The first-order chi connectivity index (χ1) is 16.0. The maximum absolute atomic E-state index is 12.4. The number of pyridine rings is 1. The molecule has 0 unspecified atom stereocenters. The van der Waals surface area contributed by atoms with Crippen LogP contribution in [0.5, 0.6) is 0 Å². The van der Waals surface area contributed by atoms with Crippen molar-refractivity contribution < 1.29 is 4.79 Å². The number of nitrogens with zero attached hydrogens (tertiary/aromatic N) is 4. The van der Waals surface area contributed by atoms with Crippen molar-refractivity contribution in [3.63, 3.8) is 0 Å². The third-order valence-corrected chi connectivity index (χ3v) is 6.36. The van der Waals surface area contributed by atoms with Gasteiger partial charge in [0.2, 0.25) is 5.91 Å². The van der Waals surface area contributed by atoms with Gasteiger partial charge in [-0.1, -0.05) is 50.9 Å². The molecule has 1 aromatic carbocycles. The first-order valence-corrected chi connectivity index (χ1v) is 12.4. The van der Waals surface area contributed by atoms with Gasteiger partial charge < -0.3 is 15.5 Å². The lowest BCUT2D eigenvalue weighted by molar-refractivity contribution is -0.131. The summed E-state index contributed by atoms with van der Waals surface area (Å²) in [4.78, 5) is 21.3. The molecule has 33 heavy (non-hydrogen) atoms. The smallest absolute Gasteiger partial charge is 0.222 e. The second-order valence-electron chi connectivity index (χ2n) is 8.22. The minimum absolute atomic E-state index is 0.267. The number of unbranched alkanes of at least 4 members (excludes halogenated alkanes) is 1. The summed E-state index contributed by atoms with van der Waals surface area (Å²) in [5, 5.41) is 0.718. The Morgan fingerprint density at radius 3 is 2.48 bits per heavy atom. The van der Waals surface area contributed by atoms with Gasteiger partial charge >= 0.3 is 0 Å². The van der Waals surface area contributed by atoms with Crippen molar-refractivity contribution in [1.82, 2.24) is 14.3 Å². The van der Waals surface area contributed by atoms with Gasteiger partial charge in [0.25, 0.3) is 0 Å². The van der Waals surface area contributed by atoms with Crippen LogP contribution in [0.15, 0.2) is 36.7 Å². The second kappa shape index (κ2) is 11.5. The molecule has 0 radical (unpaired) electrons. The highest BCUT2D eigenvalue weighted by molar-refractivity contribution is 6.33. The van der Waals surface area contributed by atoms with E-state index in [2.05, 4.69) is 39.5 Å². The Bertz CT molecular complexity index is 1090. The average Bonchev–Trinajstić information content (AvgIpc) is 3.26. The number of nitrogens with two attached hydrogens (primary N) is 1. The Hall–Kier alpha value is -2.57. The Kier molecular flexibility index (Phi) is 8.75. The van der Waals surface area contributed by atoms with Crippen LogP contribution in [0.1, 0.15) is 51.2 Å². The third kappa shape index (κ3) is 5.50. The number of fused-ring (bicyclic) bond motifs is 1. The molecule has 4 rings (SSSR count). The highest BCUT2D eigenvalue weighted by Gasteiger charge is 2.23. The first kappa shape index (κ1) is 25.1. The molecule has 1 aliphatic heterocycles. The van der Waals surface area contributed by atoms with Crippen LogP contribution in [0.25, 0.3) is 16.8 Å². The van der Waals surface area contributed by atoms with Gasteiger partial charge in [-0.05, 0) is 36.6 Å². The summed E-state index contributed by atoms with van der Waals surface area (Å²) in [6, 6.07) is 8.13. The average molecular weight is 470 g/mol. The Labute approximate surface area is 202 Å². The maximum Gasteiger partial charge on any atom is 0.222 e. The van der Waals surface area contributed by atoms with Crippen molar-refractivity contribution in [2.75, 3.05) is 31.1 Å². The molecule has 1 saturated heterocycles. The van der Waals surface area contributed by atoms with Crippen LogP contribution >= 0.6 is 11.6 Å². The molecule has 0 spiro atoms. The third-order valence-electron chi connectivity index (χ3n) is 6.05. The van der Waals surface area contributed by atoms with Crippen molar-refractivity contribution >= 4 is 29.0 Å². The number of hydrogen-bond acceptors (Lipinski definition) is 4. The number of amides is 1. The zero-order valence-electron chi connectivity index (χ0n) is 20.3. The SMILES string of the molecule is CC.CCCCC(=O)N1CCN(c2cnc3cc(CN)c(-c4ccc(C)cc4Cl)cn23)CC1. The molecule has 7 heteroatoms. The highest BCUT2D eigenvalue weighted by Crippen LogP contribution is 2.33. The van der Waals surface area contributed by atoms with Gasteiger partial charge in [-0.2, -0.15) is 0 Å². The number of imidazole rings is 1. The molecule has 0 bridgehead atoms. The van der Waals surface area contributed by atoms with Crippen molar-refractivity contribution in [2.45, 2.75) is 53.5 Å². The van der Waals surface area contributed by atoms with E-state index in [9.17, 15) is 4.79 Å². The fourth-order valence-electron chi connectivity index (χ4n) is 4.21. The molecule has 3 heterocycles. The number of piperazine rings is 1. The summed E-state index contributed by atoms with van der Waals surface area (Å²) >= 11 is 6.57. The van der Waals surface area contributed by atoms with Crippen molar-refractivity contribution in [3.05, 3.63) is 52.8 Å². The largest absolute Gasteiger partial charge is 0.353 e. The standard InChI is InChI=1S/C24H30ClN5O.C2H6/c1-3-4-5-24(31)29-10-8-28(9-11-29)23-15-27-22-13-18(14-26)20(16-30(22)23)19-7-6-17(2)12-21(19)25;1-2/h6-7,12-13,15-16H,3-5,8-11,14,26H2,1-2H3;1-2H3. The van der Waals surface area contributed by atoms with Crippen LogP contribution in [-0.2, 0) is 11.3 Å². The molecular formula is C26H36ClN5O. The predicted octanol–water partition coefficient (Wildman–Crippen LogP) is 5.29. The summed E-state index contributed by atoms with van der Waals surface area (Å²) in [7, 11) is 0. The zero-order valence-corrected chi connectivity index (χ0v) is 21.0. The zero-order chi connectivity index (χ0) is 24.0. The Morgan fingerprint density at radius 2 is 1.85 bits per heavy atom. The first-order valence-electron chi connectivity index (χ1n) is 12.0. The van der Waals surface area contributed by atoms with Crippen LogP contribution in [0, 0.1) is 6.92 Å². The number of halogens is 1. The number of benzene rings is 1. The van der Waals surface area contributed by atoms with Gasteiger partial charge in [-0.3, -0.25) is 9.20 Å². The van der Waals surface area contributed by atoms with Crippen LogP contribution in [0.3, 0.4) is 0 Å². The molecule has 6 nitrogen and oxygen atoms in total. The summed E-state index contributed by atoms with van der Waals surface area (Å²) in [6.45, 7) is 11.6. The number of carbonyl (C=O) groups excluding carboxylic acids is 1. The normalized spacial score (nSPS) is 13.8. The summed E-state index contributed by atoms with van der Waals surface area (Å²) in [5.74, 6) is 1.30. The van der Waals surface area contributed by atoms with Gasteiger partial charge in [-0.15, -0.1) is 0 Å². The van der Waals surface area contributed by atoms with E-state index in [0.29, 0.717) is 13.0 Å². The van der Waals surface area contributed by atoms with E-state index >= 15 is 0 Å². The van der Waals surface area contributed by atoms with Crippen molar-refractivity contribution in [2.24, 2.45) is 5.73 Å². The van der Waals surface area contributed by atoms with Crippen LogP contribution in [0.4, 0.5) is 5.82 Å². The van der Waals surface area contributed by atoms with E-state index in [1.54, 1.807) is 0 Å². The fraction of sp³-hybridized carbons (Fsp3) is 0.462. The minimum atomic E-state index is 0.267. The maximum atomic E-state index is 12.4. The monoisotopic (exact) mass is 469 g/mol. The Balaban J connectivity index is 0.00000149. The number of hydrogen-bond donors (Lipinski definition) is 1. The van der Waals surface area contributed by atoms with Crippen molar-refractivity contribution in [3.8, 4) is 11.1 Å². The van der Waals surface area contributed by atoms with E-state index in [-0.39, 0.29) is 5.91 Å². The van der Waals surface area contributed by atoms with Crippen LogP contribution < -0.4 is 10.6 Å². The molecule has 0 saturated carbocycles. The lowest BCUT2D eigenvalue weighted by Gasteiger charge is -2.35. The molecule has 3 aromatic rings. The molecule has 178 valence electrons. The number of aromatic nitrogens is 2. The lowest BCUT2D eigenvalue weighted by Crippen LogP contribution is -2.49. The van der Waals surface area contributed by atoms with Crippen molar-refractivity contribution in [1.29, 1.82) is 0 Å². The lowest BCUT2D eigenvalue weighted by atomic mass is 10.0. The molecule has 0 atom stereocenters. The van der Waals surface area contributed by atoms with Crippen LogP contribution in [-0.4, -0.2) is 46.4 Å². The molecule has 1 aliphatic rings.